The zero-order valence-electron chi connectivity index (χ0n) is 10.9. The Hall–Kier alpha value is -1.58. The third kappa shape index (κ3) is 4.43. The maximum Gasteiger partial charge on any atom is 0.219 e. The Kier molecular flexibility index (Phi) is 5.46. The van der Waals surface area contributed by atoms with Crippen molar-refractivity contribution in [1.29, 1.82) is 0 Å². The molecule has 1 aromatic rings. The van der Waals surface area contributed by atoms with Gasteiger partial charge in [0.25, 0.3) is 0 Å². The minimum atomic E-state index is 0.282. The maximum absolute atomic E-state index is 5.46. The normalized spacial score (nSPS) is 10.4. The molecule has 94 valence electrons. The molecule has 0 radical (unpaired) electrons. The maximum atomic E-state index is 5.46. The Morgan fingerprint density at radius 3 is 2.82 bits per heavy atom. The van der Waals surface area contributed by atoms with E-state index in [1.165, 1.54) is 0 Å². The van der Waals surface area contributed by atoms with Crippen molar-refractivity contribution >= 4 is 5.82 Å². The molecule has 0 saturated carbocycles. The fourth-order valence-electron chi connectivity index (χ4n) is 1.26. The van der Waals surface area contributed by atoms with Gasteiger partial charge in [0.15, 0.2) is 0 Å². The van der Waals surface area contributed by atoms with E-state index in [4.69, 9.17) is 4.74 Å². The third-order valence-electron chi connectivity index (χ3n) is 2.14. The van der Waals surface area contributed by atoms with Crippen LogP contribution in [0.15, 0.2) is 18.7 Å². The molecule has 0 saturated heterocycles. The molecule has 0 bridgehead atoms. The van der Waals surface area contributed by atoms with E-state index in [-0.39, 0.29) is 5.92 Å². The molecule has 1 rings (SSSR count). The van der Waals surface area contributed by atoms with Crippen molar-refractivity contribution in [1.82, 2.24) is 9.97 Å². The lowest BCUT2D eigenvalue weighted by Gasteiger charge is -2.11. The molecule has 0 fully saturated rings. The summed E-state index contributed by atoms with van der Waals surface area (Å²) in [7, 11) is 0. The molecule has 0 aliphatic carbocycles. The average molecular weight is 235 g/mol. The Bertz CT molecular complexity index is 364. The van der Waals surface area contributed by atoms with Crippen LogP contribution in [0, 0.1) is 0 Å². The van der Waals surface area contributed by atoms with Crippen molar-refractivity contribution in [3.8, 4) is 5.88 Å². The highest BCUT2D eigenvalue weighted by molar-refractivity contribution is 5.38. The highest BCUT2D eigenvalue weighted by atomic mass is 16.5. The molecule has 1 aromatic heterocycles. The van der Waals surface area contributed by atoms with E-state index in [1.54, 1.807) is 6.08 Å². The van der Waals surface area contributed by atoms with Crippen LogP contribution >= 0.6 is 0 Å². The van der Waals surface area contributed by atoms with Gasteiger partial charge in [0, 0.05) is 18.5 Å². The molecular weight excluding hydrogens is 214 g/mol. The first kappa shape index (κ1) is 13.5. The molecule has 17 heavy (non-hydrogen) atoms. The van der Waals surface area contributed by atoms with Gasteiger partial charge in [-0.25, -0.2) is 4.98 Å². The van der Waals surface area contributed by atoms with Gasteiger partial charge >= 0.3 is 0 Å². The summed E-state index contributed by atoms with van der Waals surface area (Å²) in [5, 5.41) is 3.25. The van der Waals surface area contributed by atoms with Crippen LogP contribution in [0.1, 0.15) is 38.9 Å². The first-order chi connectivity index (χ1) is 8.17. The van der Waals surface area contributed by atoms with Gasteiger partial charge < -0.3 is 10.1 Å². The molecular formula is C13H21N3O. The average Bonchev–Trinajstić information content (AvgIpc) is 2.33. The predicted molar refractivity (Wildman–Crippen MR) is 70.6 cm³/mol. The summed E-state index contributed by atoms with van der Waals surface area (Å²) in [4.78, 5) is 8.81. The van der Waals surface area contributed by atoms with E-state index >= 15 is 0 Å². The number of anilines is 1. The second-order valence-corrected chi connectivity index (χ2v) is 4.13. The first-order valence-electron chi connectivity index (χ1n) is 6.04. The van der Waals surface area contributed by atoms with E-state index in [2.05, 4.69) is 42.6 Å². The van der Waals surface area contributed by atoms with E-state index in [0.29, 0.717) is 12.5 Å². The molecule has 0 spiro atoms. The minimum Gasteiger partial charge on any atom is -0.473 e. The van der Waals surface area contributed by atoms with Gasteiger partial charge in [-0.05, 0) is 6.42 Å². The number of hydrogen-bond donors (Lipinski definition) is 1. The predicted octanol–water partition coefficient (Wildman–Crippen LogP) is 2.99. The molecule has 0 aromatic carbocycles. The number of hydrogen-bond acceptors (Lipinski definition) is 4. The summed E-state index contributed by atoms with van der Waals surface area (Å²) in [6.45, 7) is 11.2. The van der Waals surface area contributed by atoms with E-state index < -0.39 is 0 Å². The molecule has 0 amide bonds. The summed E-state index contributed by atoms with van der Waals surface area (Å²) >= 11 is 0. The molecule has 0 aliphatic heterocycles. The molecule has 0 aliphatic rings. The van der Waals surface area contributed by atoms with Crippen LogP contribution in [0.4, 0.5) is 5.82 Å². The van der Waals surface area contributed by atoms with Crippen LogP contribution in [0.5, 0.6) is 5.88 Å². The zero-order valence-corrected chi connectivity index (χ0v) is 10.9. The molecule has 4 nitrogen and oxygen atoms in total. The van der Waals surface area contributed by atoms with E-state index in [0.717, 1.165) is 24.6 Å². The van der Waals surface area contributed by atoms with Crippen LogP contribution in [-0.2, 0) is 0 Å². The highest BCUT2D eigenvalue weighted by Gasteiger charge is 2.08. The quantitative estimate of drug-likeness (QED) is 0.738. The largest absolute Gasteiger partial charge is 0.473 e. The molecule has 1 heterocycles. The summed E-state index contributed by atoms with van der Waals surface area (Å²) in [5.41, 5.74) is 0. The SMILES string of the molecule is C=CCOc1cc(NCCC)nc(C(C)C)n1. The van der Waals surface area contributed by atoms with E-state index in [1.807, 2.05) is 6.07 Å². The topological polar surface area (TPSA) is 47.0 Å². The number of rotatable bonds is 7. The number of ether oxygens (including phenoxy) is 1. The van der Waals surface area contributed by atoms with Crippen molar-refractivity contribution in [3.63, 3.8) is 0 Å². The second-order valence-electron chi connectivity index (χ2n) is 4.13. The minimum absolute atomic E-state index is 0.282. The van der Waals surface area contributed by atoms with Gasteiger partial charge in [0.2, 0.25) is 5.88 Å². The van der Waals surface area contributed by atoms with Gasteiger partial charge in [-0.2, -0.15) is 4.98 Å². The van der Waals surface area contributed by atoms with Gasteiger partial charge in [-0.3, -0.25) is 0 Å². The fourth-order valence-corrected chi connectivity index (χ4v) is 1.26. The Labute approximate surface area is 103 Å². The second kappa shape index (κ2) is 6.89. The Morgan fingerprint density at radius 1 is 1.47 bits per heavy atom. The smallest absolute Gasteiger partial charge is 0.219 e. The van der Waals surface area contributed by atoms with Crippen LogP contribution in [0.3, 0.4) is 0 Å². The Balaban J connectivity index is 2.88. The number of nitrogens with one attached hydrogen (secondary N) is 1. The number of aromatic nitrogens is 2. The summed E-state index contributed by atoms with van der Waals surface area (Å²) < 4.78 is 5.46. The highest BCUT2D eigenvalue weighted by Crippen LogP contribution is 2.18. The van der Waals surface area contributed by atoms with Gasteiger partial charge in [0.1, 0.15) is 18.2 Å². The van der Waals surface area contributed by atoms with Crippen molar-refractivity contribution in [2.24, 2.45) is 0 Å². The van der Waals surface area contributed by atoms with Crippen LogP contribution in [-0.4, -0.2) is 23.1 Å². The van der Waals surface area contributed by atoms with Crippen LogP contribution < -0.4 is 10.1 Å². The van der Waals surface area contributed by atoms with Crippen LogP contribution in [0.2, 0.25) is 0 Å². The summed E-state index contributed by atoms with van der Waals surface area (Å²) in [6, 6.07) is 1.82. The molecule has 0 atom stereocenters. The van der Waals surface area contributed by atoms with Crippen LogP contribution in [0.25, 0.3) is 0 Å². The van der Waals surface area contributed by atoms with E-state index in [9.17, 15) is 0 Å². The number of nitrogens with zero attached hydrogens (tertiary/aromatic N) is 2. The zero-order chi connectivity index (χ0) is 12.7. The lowest BCUT2D eigenvalue weighted by Crippen LogP contribution is -2.08. The molecule has 0 unspecified atom stereocenters. The lowest BCUT2D eigenvalue weighted by molar-refractivity contribution is 0.346. The van der Waals surface area contributed by atoms with Crippen molar-refractivity contribution in [2.75, 3.05) is 18.5 Å². The van der Waals surface area contributed by atoms with Gasteiger partial charge in [-0.15, -0.1) is 0 Å². The standard InChI is InChI=1S/C13H21N3O/c1-5-7-14-11-9-12(17-8-6-2)16-13(15-11)10(3)4/h6,9-10H,2,5,7-8H2,1,3-4H3,(H,14,15,16). The van der Waals surface area contributed by atoms with Crippen molar-refractivity contribution in [2.45, 2.75) is 33.1 Å². The molecule has 4 heteroatoms. The molecule has 1 N–H and O–H groups in total. The van der Waals surface area contributed by atoms with Gasteiger partial charge in [0.05, 0.1) is 0 Å². The summed E-state index contributed by atoms with van der Waals surface area (Å²) in [5.74, 6) is 2.50. The van der Waals surface area contributed by atoms with Crippen molar-refractivity contribution in [3.05, 3.63) is 24.5 Å². The fraction of sp³-hybridized carbons (Fsp3) is 0.538. The lowest BCUT2D eigenvalue weighted by atomic mass is 10.2. The summed E-state index contributed by atoms with van der Waals surface area (Å²) in [6.07, 6.45) is 2.76. The first-order valence-corrected chi connectivity index (χ1v) is 6.04. The van der Waals surface area contributed by atoms with Gasteiger partial charge in [-0.1, -0.05) is 33.4 Å². The monoisotopic (exact) mass is 235 g/mol. The third-order valence-corrected chi connectivity index (χ3v) is 2.14. The van der Waals surface area contributed by atoms with Crippen molar-refractivity contribution < 1.29 is 4.74 Å². The Morgan fingerprint density at radius 2 is 2.24 bits per heavy atom.